The summed E-state index contributed by atoms with van der Waals surface area (Å²) in [4.78, 5) is 28.1. The maximum absolute atomic E-state index is 12.5. The standard InChI is InChI=1S/C17H17IN2O3S/c1-20-7-6-12-13(9-20)24-16(14(12)17(22)23-2)19-15(21)10-4-3-5-11(18)8-10/h3-5,8H,6-7,9H2,1-2H3,(H,19,21). The zero-order valence-corrected chi connectivity index (χ0v) is 16.4. The molecule has 2 heterocycles. The van der Waals surface area contributed by atoms with Gasteiger partial charge in [-0.3, -0.25) is 4.79 Å². The number of likely N-dealkylation sites (N-methyl/N-ethyl adjacent to an activating group) is 1. The molecule has 1 aromatic heterocycles. The summed E-state index contributed by atoms with van der Waals surface area (Å²) >= 11 is 3.63. The molecule has 3 rings (SSSR count). The van der Waals surface area contributed by atoms with Crippen LogP contribution >= 0.6 is 33.9 Å². The molecule has 0 spiro atoms. The lowest BCUT2D eigenvalue weighted by molar-refractivity contribution is 0.0600. The molecule has 126 valence electrons. The zero-order valence-electron chi connectivity index (χ0n) is 13.4. The van der Waals surface area contributed by atoms with Gasteiger partial charge in [-0.05, 0) is 59.8 Å². The number of hydrogen-bond donors (Lipinski definition) is 1. The first-order valence-electron chi connectivity index (χ1n) is 7.48. The lowest BCUT2D eigenvalue weighted by Crippen LogP contribution is -2.26. The smallest absolute Gasteiger partial charge is 0.341 e. The van der Waals surface area contributed by atoms with Crippen LogP contribution < -0.4 is 5.32 Å². The normalized spacial score (nSPS) is 14.1. The summed E-state index contributed by atoms with van der Waals surface area (Å²) in [7, 11) is 3.41. The Bertz CT molecular complexity index is 803. The molecule has 0 atom stereocenters. The van der Waals surface area contributed by atoms with E-state index < -0.39 is 5.97 Å². The Morgan fingerprint density at radius 2 is 2.17 bits per heavy atom. The third-order valence-corrected chi connectivity index (χ3v) is 5.75. The number of methoxy groups -OCH3 is 1. The van der Waals surface area contributed by atoms with Crippen LogP contribution in [0.15, 0.2) is 24.3 Å². The van der Waals surface area contributed by atoms with Crippen LogP contribution in [0.1, 0.15) is 31.2 Å². The fourth-order valence-electron chi connectivity index (χ4n) is 2.74. The number of amides is 1. The number of thiophene rings is 1. The zero-order chi connectivity index (χ0) is 17.3. The molecule has 0 saturated heterocycles. The van der Waals surface area contributed by atoms with Crippen molar-refractivity contribution in [2.75, 3.05) is 26.0 Å². The van der Waals surface area contributed by atoms with Crippen molar-refractivity contribution in [1.29, 1.82) is 0 Å². The monoisotopic (exact) mass is 456 g/mol. The van der Waals surface area contributed by atoms with Crippen LogP contribution in [0, 0.1) is 3.57 Å². The van der Waals surface area contributed by atoms with Crippen molar-refractivity contribution in [3.8, 4) is 0 Å². The molecule has 0 bridgehead atoms. The second-order valence-corrected chi connectivity index (χ2v) is 8.00. The van der Waals surface area contributed by atoms with E-state index in [1.165, 1.54) is 18.4 Å². The molecule has 0 unspecified atom stereocenters. The number of rotatable bonds is 3. The van der Waals surface area contributed by atoms with Crippen molar-refractivity contribution >= 4 is 50.8 Å². The van der Waals surface area contributed by atoms with Gasteiger partial charge in [0.25, 0.3) is 5.91 Å². The second kappa shape index (κ2) is 7.20. The molecule has 0 radical (unpaired) electrons. The van der Waals surface area contributed by atoms with Gasteiger partial charge in [0.15, 0.2) is 0 Å². The highest BCUT2D eigenvalue weighted by Crippen LogP contribution is 2.37. The van der Waals surface area contributed by atoms with E-state index in [4.69, 9.17) is 4.74 Å². The summed E-state index contributed by atoms with van der Waals surface area (Å²) in [6, 6.07) is 7.34. The predicted octanol–water partition coefficient (Wildman–Crippen LogP) is 3.38. The van der Waals surface area contributed by atoms with E-state index in [9.17, 15) is 9.59 Å². The first-order chi connectivity index (χ1) is 11.5. The molecular formula is C17H17IN2O3S. The average molecular weight is 456 g/mol. The number of ether oxygens (including phenoxy) is 1. The number of anilines is 1. The van der Waals surface area contributed by atoms with Gasteiger partial charge in [0.1, 0.15) is 5.00 Å². The quantitative estimate of drug-likeness (QED) is 0.569. The number of carbonyl (C=O) groups excluding carboxylic acids is 2. The van der Waals surface area contributed by atoms with Gasteiger partial charge in [-0.1, -0.05) is 6.07 Å². The van der Waals surface area contributed by atoms with Crippen LogP contribution in [0.25, 0.3) is 0 Å². The third kappa shape index (κ3) is 3.47. The third-order valence-electron chi connectivity index (χ3n) is 3.95. The molecule has 2 aromatic rings. The number of fused-ring (bicyclic) bond motifs is 1. The van der Waals surface area contributed by atoms with Gasteiger partial charge in [-0.25, -0.2) is 4.79 Å². The van der Waals surface area contributed by atoms with Crippen LogP contribution in [0.3, 0.4) is 0 Å². The van der Waals surface area contributed by atoms with E-state index in [0.29, 0.717) is 16.1 Å². The largest absolute Gasteiger partial charge is 0.465 e. The number of nitrogens with zero attached hydrogens (tertiary/aromatic N) is 1. The minimum absolute atomic E-state index is 0.217. The Labute approximate surface area is 158 Å². The summed E-state index contributed by atoms with van der Waals surface area (Å²) in [5.74, 6) is -0.611. The van der Waals surface area contributed by atoms with Gasteiger partial charge in [0.2, 0.25) is 0 Å². The molecule has 1 N–H and O–H groups in total. The highest BCUT2D eigenvalue weighted by Gasteiger charge is 2.28. The van der Waals surface area contributed by atoms with E-state index in [0.717, 1.165) is 33.5 Å². The van der Waals surface area contributed by atoms with Crippen LogP contribution in [-0.2, 0) is 17.7 Å². The lowest BCUT2D eigenvalue weighted by atomic mass is 10.0. The highest BCUT2D eigenvalue weighted by atomic mass is 127. The molecule has 0 fully saturated rings. The van der Waals surface area contributed by atoms with Gasteiger partial charge in [0.05, 0.1) is 12.7 Å². The Morgan fingerprint density at radius 3 is 2.88 bits per heavy atom. The van der Waals surface area contributed by atoms with Crippen LogP contribution in [-0.4, -0.2) is 37.5 Å². The Balaban J connectivity index is 1.95. The van der Waals surface area contributed by atoms with Gasteiger partial charge < -0.3 is 15.0 Å². The second-order valence-electron chi connectivity index (χ2n) is 5.65. The van der Waals surface area contributed by atoms with Gasteiger partial charge in [0, 0.05) is 27.1 Å². The summed E-state index contributed by atoms with van der Waals surface area (Å²) < 4.78 is 5.92. The Kier molecular flexibility index (Phi) is 5.21. The Morgan fingerprint density at radius 1 is 1.38 bits per heavy atom. The molecule has 1 aromatic carbocycles. The molecule has 7 heteroatoms. The first kappa shape index (κ1) is 17.4. The predicted molar refractivity (Wildman–Crippen MR) is 103 cm³/mol. The first-order valence-corrected chi connectivity index (χ1v) is 9.37. The van der Waals surface area contributed by atoms with Crippen molar-refractivity contribution < 1.29 is 14.3 Å². The molecule has 1 aliphatic heterocycles. The fraction of sp³-hybridized carbons (Fsp3) is 0.294. The fourth-order valence-corrected chi connectivity index (χ4v) is 4.60. The van der Waals surface area contributed by atoms with Crippen molar-refractivity contribution in [3.05, 3.63) is 49.4 Å². The number of carbonyl (C=O) groups is 2. The van der Waals surface area contributed by atoms with Crippen molar-refractivity contribution in [1.82, 2.24) is 4.90 Å². The van der Waals surface area contributed by atoms with Crippen LogP contribution in [0.5, 0.6) is 0 Å². The van der Waals surface area contributed by atoms with Crippen molar-refractivity contribution in [3.63, 3.8) is 0 Å². The summed E-state index contributed by atoms with van der Waals surface area (Å²) in [5, 5.41) is 3.47. The Hall–Kier alpha value is -1.45. The van der Waals surface area contributed by atoms with E-state index in [1.807, 2.05) is 25.2 Å². The minimum atomic E-state index is -0.394. The van der Waals surface area contributed by atoms with Crippen LogP contribution in [0.2, 0.25) is 0 Å². The molecule has 0 saturated carbocycles. The molecule has 0 aliphatic carbocycles. The molecule has 1 aliphatic rings. The highest BCUT2D eigenvalue weighted by molar-refractivity contribution is 14.1. The summed E-state index contributed by atoms with van der Waals surface area (Å²) in [6.07, 6.45) is 0.784. The number of halogens is 1. The molecule has 5 nitrogen and oxygen atoms in total. The SMILES string of the molecule is COC(=O)c1c(NC(=O)c2cccc(I)c2)sc2c1CCN(C)C2. The van der Waals surface area contributed by atoms with E-state index >= 15 is 0 Å². The van der Waals surface area contributed by atoms with Gasteiger partial charge >= 0.3 is 5.97 Å². The van der Waals surface area contributed by atoms with E-state index in [1.54, 1.807) is 6.07 Å². The summed E-state index contributed by atoms with van der Waals surface area (Å²) in [5.41, 5.74) is 2.08. The number of benzene rings is 1. The summed E-state index contributed by atoms with van der Waals surface area (Å²) in [6.45, 7) is 1.67. The maximum Gasteiger partial charge on any atom is 0.341 e. The number of esters is 1. The van der Waals surface area contributed by atoms with Crippen molar-refractivity contribution in [2.24, 2.45) is 0 Å². The van der Waals surface area contributed by atoms with E-state index in [-0.39, 0.29) is 5.91 Å². The number of nitrogens with one attached hydrogen (secondary N) is 1. The van der Waals surface area contributed by atoms with Gasteiger partial charge in [-0.15, -0.1) is 11.3 Å². The minimum Gasteiger partial charge on any atom is -0.465 e. The number of hydrogen-bond acceptors (Lipinski definition) is 5. The molecular weight excluding hydrogens is 439 g/mol. The van der Waals surface area contributed by atoms with Crippen molar-refractivity contribution in [2.45, 2.75) is 13.0 Å². The molecule has 1 amide bonds. The lowest BCUT2D eigenvalue weighted by Gasteiger charge is -2.22. The topological polar surface area (TPSA) is 58.6 Å². The molecule has 24 heavy (non-hydrogen) atoms. The van der Waals surface area contributed by atoms with Gasteiger partial charge in [-0.2, -0.15) is 0 Å². The van der Waals surface area contributed by atoms with E-state index in [2.05, 4.69) is 32.8 Å². The average Bonchev–Trinajstić information content (AvgIpc) is 2.90. The maximum atomic E-state index is 12.5. The van der Waals surface area contributed by atoms with Crippen LogP contribution in [0.4, 0.5) is 5.00 Å².